The van der Waals surface area contributed by atoms with Gasteiger partial charge in [0.05, 0.1) is 6.61 Å². The maximum atomic E-state index is 13.7. The maximum absolute atomic E-state index is 13.7. The Hall–Kier alpha value is -0.980. The van der Waals surface area contributed by atoms with E-state index in [1.807, 2.05) is 0 Å². The van der Waals surface area contributed by atoms with E-state index in [4.69, 9.17) is 5.11 Å². The smallest absolute Gasteiger partial charge is 0.243 e. The maximum Gasteiger partial charge on any atom is 0.243 e. The Morgan fingerprint density at radius 3 is 2.58 bits per heavy atom. The summed E-state index contributed by atoms with van der Waals surface area (Å²) < 4.78 is 40.2. The van der Waals surface area contributed by atoms with Crippen LogP contribution in [0.1, 0.15) is 31.2 Å². The fourth-order valence-electron chi connectivity index (χ4n) is 2.38. The van der Waals surface area contributed by atoms with Gasteiger partial charge in [-0.1, -0.05) is 18.9 Å². The molecule has 1 aliphatic carbocycles. The standard InChI is InChI=1S/C13H18FNO3S/c14-12-7-11(9-16)5-6-13(12)19(17,18)15-8-10-3-1-2-4-10/h5-7,10,15-16H,1-4,8-9H2. The number of aliphatic hydroxyl groups is 1. The predicted octanol–water partition coefficient (Wildman–Crippen LogP) is 1.79. The lowest BCUT2D eigenvalue weighted by molar-refractivity contribution is 0.281. The molecular formula is C13H18FNO3S. The first-order valence-corrected chi connectivity index (χ1v) is 7.90. The fraction of sp³-hybridized carbons (Fsp3) is 0.538. The molecule has 1 aliphatic rings. The molecule has 2 N–H and O–H groups in total. The first-order valence-electron chi connectivity index (χ1n) is 6.42. The molecule has 1 saturated carbocycles. The van der Waals surface area contributed by atoms with Crippen LogP contribution in [0.25, 0.3) is 0 Å². The molecule has 1 fully saturated rings. The van der Waals surface area contributed by atoms with E-state index in [0.717, 1.165) is 31.7 Å². The molecule has 0 amide bonds. The fourth-order valence-corrected chi connectivity index (χ4v) is 3.55. The third kappa shape index (κ3) is 3.52. The minimum absolute atomic E-state index is 0.313. The average molecular weight is 287 g/mol. The van der Waals surface area contributed by atoms with Crippen molar-refractivity contribution in [2.45, 2.75) is 37.2 Å². The largest absolute Gasteiger partial charge is 0.392 e. The van der Waals surface area contributed by atoms with Gasteiger partial charge in [0, 0.05) is 6.54 Å². The summed E-state index contributed by atoms with van der Waals surface area (Å²) in [6, 6.07) is 3.65. The monoisotopic (exact) mass is 287 g/mol. The minimum Gasteiger partial charge on any atom is -0.392 e. The average Bonchev–Trinajstić information content (AvgIpc) is 2.89. The van der Waals surface area contributed by atoms with Crippen LogP contribution < -0.4 is 4.72 Å². The molecule has 6 heteroatoms. The second kappa shape index (κ2) is 5.98. The molecule has 0 saturated heterocycles. The molecule has 1 aromatic carbocycles. The third-order valence-electron chi connectivity index (χ3n) is 3.51. The van der Waals surface area contributed by atoms with Gasteiger partial charge in [-0.15, -0.1) is 0 Å². The van der Waals surface area contributed by atoms with Gasteiger partial charge >= 0.3 is 0 Å². The molecule has 0 radical (unpaired) electrons. The molecular weight excluding hydrogens is 269 g/mol. The topological polar surface area (TPSA) is 66.4 Å². The number of aliphatic hydroxyl groups excluding tert-OH is 1. The molecule has 0 heterocycles. The highest BCUT2D eigenvalue weighted by molar-refractivity contribution is 7.89. The van der Waals surface area contributed by atoms with Gasteiger partial charge in [0.15, 0.2) is 0 Å². The van der Waals surface area contributed by atoms with Crippen LogP contribution in [0.3, 0.4) is 0 Å². The van der Waals surface area contributed by atoms with Gasteiger partial charge in [-0.25, -0.2) is 17.5 Å². The van der Waals surface area contributed by atoms with Gasteiger partial charge < -0.3 is 5.11 Å². The third-order valence-corrected chi connectivity index (χ3v) is 4.96. The van der Waals surface area contributed by atoms with E-state index in [1.54, 1.807) is 0 Å². The van der Waals surface area contributed by atoms with Crippen molar-refractivity contribution in [3.63, 3.8) is 0 Å². The van der Waals surface area contributed by atoms with E-state index in [1.165, 1.54) is 12.1 Å². The summed E-state index contributed by atoms with van der Waals surface area (Å²) in [4.78, 5) is -0.359. The lowest BCUT2D eigenvalue weighted by atomic mass is 10.1. The van der Waals surface area contributed by atoms with Crippen LogP contribution in [0.5, 0.6) is 0 Å². The predicted molar refractivity (Wildman–Crippen MR) is 69.5 cm³/mol. The van der Waals surface area contributed by atoms with Crippen molar-refractivity contribution < 1.29 is 17.9 Å². The Morgan fingerprint density at radius 2 is 2.00 bits per heavy atom. The van der Waals surface area contributed by atoms with E-state index < -0.39 is 15.8 Å². The number of hydrogen-bond donors (Lipinski definition) is 2. The van der Waals surface area contributed by atoms with Crippen molar-refractivity contribution in [1.29, 1.82) is 0 Å². The second-order valence-electron chi connectivity index (χ2n) is 4.93. The molecule has 0 unspecified atom stereocenters. The van der Waals surface area contributed by atoms with Crippen LogP contribution >= 0.6 is 0 Å². The Labute approximate surface area is 112 Å². The zero-order chi connectivity index (χ0) is 13.9. The summed E-state index contributed by atoms with van der Waals surface area (Å²) in [6.07, 6.45) is 4.31. The molecule has 2 rings (SSSR count). The number of rotatable bonds is 5. The van der Waals surface area contributed by atoms with Crippen molar-refractivity contribution >= 4 is 10.0 Å². The Balaban J connectivity index is 2.10. The lowest BCUT2D eigenvalue weighted by Crippen LogP contribution is -2.29. The van der Waals surface area contributed by atoms with Crippen LogP contribution in [-0.4, -0.2) is 20.1 Å². The van der Waals surface area contributed by atoms with Crippen LogP contribution in [0, 0.1) is 11.7 Å². The number of benzene rings is 1. The minimum atomic E-state index is -3.81. The van der Waals surface area contributed by atoms with Crippen LogP contribution in [-0.2, 0) is 16.6 Å². The highest BCUT2D eigenvalue weighted by atomic mass is 32.2. The zero-order valence-electron chi connectivity index (χ0n) is 10.6. The van der Waals surface area contributed by atoms with Crippen molar-refractivity contribution in [3.8, 4) is 0 Å². The quantitative estimate of drug-likeness (QED) is 0.867. The molecule has 106 valence electrons. The van der Waals surface area contributed by atoms with Crippen LogP contribution in [0.4, 0.5) is 4.39 Å². The molecule has 0 atom stereocenters. The number of nitrogens with one attached hydrogen (secondary N) is 1. The summed E-state index contributed by atoms with van der Waals surface area (Å²) in [5.74, 6) is -0.472. The normalized spacial score (nSPS) is 16.9. The van der Waals surface area contributed by atoms with Gasteiger partial charge in [0.1, 0.15) is 10.7 Å². The highest BCUT2D eigenvalue weighted by Crippen LogP contribution is 2.24. The summed E-state index contributed by atoms with van der Waals surface area (Å²) in [6.45, 7) is 0.0519. The van der Waals surface area contributed by atoms with E-state index in [9.17, 15) is 12.8 Å². The Morgan fingerprint density at radius 1 is 1.32 bits per heavy atom. The van der Waals surface area contributed by atoms with Gasteiger partial charge in [0.25, 0.3) is 0 Å². The lowest BCUT2D eigenvalue weighted by Gasteiger charge is -2.12. The molecule has 0 bridgehead atoms. The summed E-state index contributed by atoms with van der Waals surface area (Å²) in [5, 5.41) is 8.87. The first kappa shape index (κ1) is 14.4. The van der Waals surface area contributed by atoms with E-state index in [2.05, 4.69) is 4.72 Å². The molecule has 4 nitrogen and oxygen atoms in total. The highest BCUT2D eigenvalue weighted by Gasteiger charge is 2.22. The van der Waals surface area contributed by atoms with Crippen LogP contribution in [0.2, 0.25) is 0 Å². The number of hydrogen-bond acceptors (Lipinski definition) is 3. The number of halogens is 1. The Bertz CT molecular complexity index is 539. The summed E-state index contributed by atoms with van der Waals surface area (Å²) in [7, 11) is -3.81. The van der Waals surface area contributed by atoms with Gasteiger partial charge in [-0.05, 0) is 36.5 Å². The first-order chi connectivity index (χ1) is 9.03. The SMILES string of the molecule is O=S(=O)(NCC1CCCC1)c1ccc(CO)cc1F. The van der Waals surface area contributed by atoms with Gasteiger partial charge in [-0.3, -0.25) is 0 Å². The van der Waals surface area contributed by atoms with Crippen molar-refractivity contribution in [3.05, 3.63) is 29.6 Å². The van der Waals surface area contributed by atoms with Gasteiger partial charge in [-0.2, -0.15) is 0 Å². The second-order valence-corrected chi connectivity index (χ2v) is 6.66. The van der Waals surface area contributed by atoms with Crippen molar-refractivity contribution in [2.75, 3.05) is 6.54 Å². The van der Waals surface area contributed by atoms with Crippen molar-refractivity contribution in [1.82, 2.24) is 4.72 Å². The number of sulfonamides is 1. The Kier molecular flexibility index (Phi) is 4.54. The molecule has 19 heavy (non-hydrogen) atoms. The van der Waals surface area contributed by atoms with E-state index in [-0.39, 0.29) is 11.5 Å². The van der Waals surface area contributed by atoms with E-state index >= 15 is 0 Å². The molecule has 0 aromatic heterocycles. The summed E-state index contributed by atoms with van der Waals surface area (Å²) >= 11 is 0. The molecule has 0 spiro atoms. The molecule has 0 aliphatic heterocycles. The summed E-state index contributed by atoms with van der Waals surface area (Å²) in [5.41, 5.74) is 0.354. The van der Waals surface area contributed by atoms with Crippen molar-refractivity contribution in [2.24, 2.45) is 5.92 Å². The van der Waals surface area contributed by atoms with Gasteiger partial charge in [0.2, 0.25) is 10.0 Å². The zero-order valence-corrected chi connectivity index (χ0v) is 11.4. The van der Waals surface area contributed by atoms with E-state index in [0.29, 0.717) is 18.0 Å². The molecule has 1 aromatic rings. The van der Waals surface area contributed by atoms with Crippen LogP contribution in [0.15, 0.2) is 23.1 Å².